The average molecular weight is 374 g/mol. The summed E-state index contributed by atoms with van der Waals surface area (Å²) in [5, 5.41) is 0. The quantitative estimate of drug-likeness (QED) is 0.458. The second-order valence-electron chi connectivity index (χ2n) is 6.46. The van der Waals surface area contributed by atoms with E-state index in [1.165, 1.54) is 0 Å². The topological polar surface area (TPSA) is 63.6 Å². The predicted octanol–water partition coefficient (Wildman–Crippen LogP) is 2.02. The Labute approximate surface area is 174 Å². The molecule has 0 saturated carbocycles. The van der Waals surface area contributed by atoms with Crippen molar-refractivity contribution in [2.75, 3.05) is 7.11 Å². The maximum Gasteiger partial charge on any atom is 1.00 e. The SMILES string of the molecule is CCCCCc1cc(S(=O)(=O)O)c2cc(C(C)C)ccc(OC)c1-2.[H-].[Na+]. The summed E-state index contributed by atoms with van der Waals surface area (Å²) in [5.74, 6) is 0.872. The van der Waals surface area contributed by atoms with Crippen molar-refractivity contribution in [1.82, 2.24) is 0 Å². The summed E-state index contributed by atoms with van der Waals surface area (Å²) >= 11 is 0. The molecule has 2 aliphatic rings. The summed E-state index contributed by atoms with van der Waals surface area (Å²) in [7, 11) is -2.71. The third-order valence-electron chi connectivity index (χ3n) is 4.36. The Morgan fingerprint density at radius 1 is 1.20 bits per heavy atom. The van der Waals surface area contributed by atoms with Crippen LogP contribution in [0.2, 0.25) is 0 Å². The number of rotatable bonds is 7. The molecule has 0 saturated heterocycles. The smallest absolute Gasteiger partial charge is 1.00 e. The van der Waals surface area contributed by atoms with E-state index in [1.54, 1.807) is 13.2 Å². The van der Waals surface area contributed by atoms with E-state index in [-0.39, 0.29) is 41.8 Å². The molecule has 0 heterocycles. The first kappa shape index (κ1) is 22.5. The second-order valence-corrected chi connectivity index (χ2v) is 7.85. The maximum absolute atomic E-state index is 11.9. The number of unbranched alkanes of at least 4 members (excludes halogenated alkanes) is 2. The van der Waals surface area contributed by atoms with E-state index in [9.17, 15) is 13.0 Å². The summed E-state index contributed by atoms with van der Waals surface area (Å²) in [6.07, 6.45) is 3.90. The molecular weight excluding hydrogens is 347 g/mol. The molecule has 134 valence electrons. The third kappa shape index (κ3) is 5.20. The van der Waals surface area contributed by atoms with E-state index in [0.29, 0.717) is 11.3 Å². The Hall–Kier alpha value is -0.590. The van der Waals surface area contributed by atoms with Crippen LogP contribution in [0.15, 0.2) is 29.2 Å². The van der Waals surface area contributed by atoms with Crippen molar-refractivity contribution in [3.63, 3.8) is 0 Å². The molecule has 0 spiro atoms. The molecule has 0 aliphatic heterocycles. The fraction of sp³-hybridized carbons (Fsp3) is 0.474. The summed E-state index contributed by atoms with van der Waals surface area (Å²) in [6.45, 7) is 6.22. The van der Waals surface area contributed by atoms with Gasteiger partial charge < -0.3 is 6.16 Å². The van der Waals surface area contributed by atoms with Crippen LogP contribution in [0.25, 0.3) is 11.1 Å². The van der Waals surface area contributed by atoms with Crippen LogP contribution in [0.5, 0.6) is 5.75 Å². The second kappa shape index (κ2) is 9.38. The van der Waals surface area contributed by atoms with Gasteiger partial charge in [-0.15, -0.1) is 0 Å². The molecular formula is C19H27NaO4S. The first-order valence-electron chi connectivity index (χ1n) is 8.40. The van der Waals surface area contributed by atoms with Crippen LogP contribution < -0.4 is 34.3 Å². The molecule has 4 nitrogen and oxygen atoms in total. The number of fused-ring (bicyclic) bond motifs is 1. The molecule has 0 aromatic carbocycles. The minimum absolute atomic E-state index is 0. The first-order chi connectivity index (χ1) is 11.3. The van der Waals surface area contributed by atoms with Gasteiger partial charge in [-0.05, 0) is 48.1 Å². The molecule has 0 atom stereocenters. The fourth-order valence-electron chi connectivity index (χ4n) is 3.01. The van der Waals surface area contributed by atoms with Gasteiger partial charge in [-0.2, -0.15) is 8.42 Å². The number of methoxy groups -OCH3 is 1. The van der Waals surface area contributed by atoms with Crippen molar-refractivity contribution >= 4 is 10.1 Å². The van der Waals surface area contributed by atoms with Gasteiger partial charge in [-0.1, -0.05) is 39.7 Å². The fourth-order valence-corrected chi connectivity index (χ4v) is 3.74. The minimum Gasteiger partial charge on any atom is -1.00 e. The third-order valence-corrected chi connectivity index (χ3v) is 5.25. The van der Waals surface area contributed by atoms with Gasteiger partial charge in [0, 0.05) is 11.1 Å². The zero-order valence-electron chi connectivity index (χ0n) is 16.8. The molecule has 6 heteroatoms. The van der Waals surface area contributed by atoms with Gasteiger partial charge in [-0.3, -0.25) is 4.55 Å². The maximum atomic E-state index is 11.9. The number of aryl methyl sites for hydroxylation is 1. The average Bonchev–Trinajstić information content (AvgIpc) is 2.74. The van der Waals surface area contributed by atoms with Crippen molar-refractivity contribution in [3.05, 3.63) is 35.4 Å². The summed E-state index contributed by atoms with van der Waals surface area (Å²) in [4.78, 5) is -0.0274. The molecule has 2 aliphatic carbocycles. The van der Waals surface area contributed by atoms with Crippen molar-refractivity contribution < 1.29 is 48.7 Å². The monoisotopic (exact) mass is 374 g/mol. The van der Waals surface area contributed by atoms with Gasteiger partial charge in [0.1, 0.15) is 10.6 Å². The normalized spacial score (nSPS) is 11.6. The van der Waals surface area contributed by atoms with Gasteiger partial charge in [0.05, 0.1) is 7.11 Å². The van der Waals surface area contributed by atoms with Crippen LogP contribution in [0.1, 0.15) is 58.5 Å². The molecule has 0 radical (unpaired) electrons. The Morgan fingerprint density at radius 3 is 2.40 bits per heavy atom. The minimum atomic E-state index is -4.29. The molecule has 0 aromatic heterocycles. The van der Waals surface area contributed by atoms with Crippen molar-refractivity contribution in [1.29, 1.82) is 0 Å². The molecule has 25 heavy (non-hydrogen) atoms. The van der Waals surface area contributed by atoms with Crippen molar-refractivity contribution in [2.45, 2.75) is 57.3 Å². The van der Waals surface area contributed by atoms with Crippen molar-refractivity contribution in [3.8, 4) is 16.9 Å². The zero-order valence-corrected chi connectivity index (χ0v) is 18.6. The van der Waals surface area contributed by atoms with Gasteiger partial charge in [-0.25, -0.2) is 0 Å². The van der Waals surface area contributed by atoms with Crippen LogP contribution >= 0.6 is 0 Å². The van der Waals surface area contributed by atoms with Gasteiger partial charge in [0.25, 0.3) is 10.1 Å². The molecule has 0 fully saturated rings. The van der Waals surface area contributed by atoms with Crippen LogP contribution in [-0.4, -0.2) is 20.1 Å². The molecule has 1 N–H and O–H groups in total. The van der Waals surface area contributed by atoms with E-state index >= 15 is 0 Å². The Morgan fingerprint density at radius 2 is 1.88 bits per heavy atom. The first-order valence-corrected chi connectivity index (χ1v) is 9.84. The number of hydrogen-bond acceptors (Lipinski definition) is 3. The van der Waals surface area contributed by atoms with E-state index in [4.69, 9.17) is 4.74 Å². The molecule has 0 bridgehead atoms. The standard InChI is InChI=1S/C19H26O4S.Na.H/c1-5-6-7-8-15-12-18(24(20,21)22)16-11-14(13(2)3)9-10-17(23-4)19(15)16;;/h9-13H,5-8H2,1-4H3,(H,20,21,22);;/q;+1;-1. The Bertz CT molecular complexity index is 791. The van der Waals surface area contributed by atoms with E-state index in [1.807, 2.05) is 32.0 Å². The summed E-state index contributed by atoms with van der Waals surface area (Å²) < 4.78 is 39.0. The van der Waals surface area contributed by atoms with Crippen molar-refractivity contribution in [2.24, 2.45) is 0 Å². The van der Waals surface area contributed by atoms with E-state index in [0.717, 1.165) is 42.4 Å². The largest absolute Gasteiger partial charge is 1.00 e. The van der Waals surface area contributed by atoms with Gasteiger partial charge in [0.2, 0.25) is 0 Å². The Balaban J connectivity index is 0.00000312. The number of hydrogen-bond donors (Lipinski definition) is 1. The Kier molecular flexibility index (Phi) is 8.42. The van der Waals surface area contributed by atoms with Gasteiger partial charge >= 0.3 is 29.6 Å². The van der Waals surface area contributed by atoms with Crippen LogP contribution in [0.3, 0.4) is 0 Å². The molecule has 2 rings (SSSR count). The van der Waals surface area contributed by atoms with Gasteiger partial charge in [0.15, 0.2) is 0 Å². The van der Waals surface area contributed by atoms with E-state index < -0.39 is 10.1 Å². The van der Waals surface area contributed by atoms with Crippen LogP contribution in [0, 0.1) is 0 Å². The molecule has 0 aromatic rings. The zero-order chi connectivity index (χ0) is 17.9. The summed E-state index contributed by atoms with van der Waals surface area (Å²) in [5.41, 5.74) is 3.23. The van der Waals surface area contributed by atoms with Crippen LogP contribution in [0.4, 0.5) is 0 Å². The number of ether oxygens (including phenoxy) is 1. The molecule has 0 amide bonds. The van der Waals surface area contributed by atoms with Crippen LogP contribution in [-0.2, 0) is 16.5 Å². The van der Waals surface area contributed by atoms with E-state index in [2.05, 4.69) is 6.92 Å². The predicted molar refractivity (Wildman–Crippen MR) is 97.9 cm³/mol. The summed E-state index contributed by atoms with van der Waals surface area (Å²) in [6, 6.07) is 7.29. The molecule has 0 unspecified atom stereocenters.